The summed E-state index contributed by atoms with van der Waals surface area (Å²) < 4.78 is 0. The molecule has 0 aliphatic carbocycles. The summed E-state index contributed by atoms with van der Waals surface area (Å²) in [5, 5.41) is 10.3. The predicted molar refractivity (Wildman–Crippen MR) is 97.5 cm³/mol. The van der Waals surface area contributed by atoms with Crippen molar-refractivity contribution in [3.8, 4) is 0 Å². The van der Waals surface area contributed by atoms with Gasteiger partial charge in [0.2, 0.25) is 0 Å². The molecule has 1 aromatic carbocycles. The molecule has 1 aromatic heterocycles. The molecule has 0 saturated carbocycles. The number of nitrogens with two attached hydrogens (primary N) is 1. The quantitative estimate of drug-likeness (QED) is 0.484. The topological polar surface area (TPSA) is 96.7 Å². The number of H-pyrrole nitrogens is 1. The highest BCUT2D eigenvalue weighted by Crippen LogP contribution is 2.18. The maximum atomic E-state index is 11.9. The number of carbonyl (C=O) groups excluding carboxylic acids is 1. The van der Waals surface area contributed by atoms with Crippen LogP contribution in [0.2, 0.25) is 0 Å². The summed E-state index contributed by atoms with van der Waals surface area (Å²) in [5.74, 6) is 0.745. The Morgan fingerprint density at radius 2 is 1.96 bits per heavy atom. The normalized spacial score (nSPS) is 9.61. The minimum atomic E-state index is -0.0403. The molecule has 6 nitrogen and oxygen atoms in total. The third-order valence-electron chi connectivity index (χ3n) is 2.90. The molecule has 0 spiro atoms. The summed E-state index contributed by atoms with van der Waals surface area (Å²) >= 11 is 1.57. The van der Waals surface area contributed by atoms with Crippen molar-refractivity contribution in [1.82, 2.24) is 20.5 Å². The van der Waals surface area contributed by atoms with Crippen molar-refractivity contribution in [2.75, 3.05) is 13.1 Å². The van der Waals surface area contributed by atoms with Crippen LogP contribution in [-0.4, -0.2) is 34.2 Å². The van der Waals surface area contributed by atoms with Gasteiger partial charge in [-0.1, -0.05) is 23.9 Å². The van der Waals surface area contributed by atoms with Gasteiger partial charge in [0.15, 0.2) is 5.16 Å². The van der Waals surface area contributed by atoms with Crippen LogP contribution in [0.1, 0.15) is 28.8 Å². The van der Waals surface area contributed by atoms with Crippen LogP contribution in [-0.2, 0) is 5.75 Å². The molecule has 4 N–H and O–H groups in total. The SMILES string of the molecule is Cl.Cl.NCCCCNC(=O)c1ccc(CSc2ncn[nH]2)cc1. The summed E-state index contributed by atoms with van der Waals surface area (Å²) in [6.07, 6.45) is 3.33. The number of aromatic nitrogens is 3. The molecule has 0 radical (unpaired) electrons. The van der Waals surface area contributed by atoms with Gasteiger partial charge in [0.05, 0.1) is 0 Å². The van der Waals surface area contributed by atoms with Gasteiger partial charge in [0.1, 0.15) is 6.33 Å². The molecule has 1 heterocycles. The Bertz CT molecular complexity index is 551. The second kappa shape index (κ2) is 12.2. The van der Waals surface area contributed by atoms with E-state index in [0.717, 1.165) is 29.3 Å². The van der Waals surface area contributed by atoms with E-state index < -0.39 is 0 Å². The van der Waals surface area contributed by atoms with Crippen molar-refractivity contribution in [2.24, 2.45) is 5.73 Å². The van der Waals surface area contributed by atoms with E-state index in [9.17, 15) is 4.79 Å². The van der Waals surface area contributed by atoms with E-state index in [4.69, 9.17) is 5.73 Å². The summed E-state index contributed by atoms with van der Waals surface area (Å²) in [6.45, 7) is 1.33. The minimum Gasteiger partial charge on any atom is -0.352 e. The molecule has 1 amide bonds. The Balaban J connectivity index is 0.00000242. The lowest BCUT2D eigenvalue weighted by Gasteiger charge is -2.05. The lowest BCUT2D eigenvalue weighted by atomic mass is 10.1. The van der Waals surface area contributed by atoms with E-state index in [1.165, 1.54) is 6.33 Å². The zero-order chi connectivity index (χ0) is 14.9. The minimum absolute atomic E-state index is 0. The van der Waals surface area contributed by atoms with Crippen LogP contribution in [0, 0.1) is 0 Å². The van der Waals surface area contributed by atoms with E-state index >= 15 is 0 Å². The highest BCUT2D eigenvalue weighted by Gasteiger charge is 2.05. The Labute approximate surface area is 152 Å². The molecule has 0 unspecified atom stereocenters. The Morgan fingerprint density at radius 1 is 1.22 bits per heavy atom. The number of unbranched alkanes of at least 4 members (excludes halogenated alkanes) is 1. The molecular weight excluding hydrogens is 357 g/mol. The molecule has 0 bridgehead atoms. The van der Waals surface area contributed by atoms with Crippen molar-refractivity contribution in [3.63, 3.8) is 0 Å². The van der Waals surface area contributed by atoms with Gasteiger partial charge in [-0.15, -0.1) is 24.8 Å². The van der Waals surface area contributed by atoms with Crippen LogP contribution < -0.4 is 11.1 Å². The first-order valence-electron chi connectivity index (χ1n) is 6.85. The van der Waals surface area contributed by atoms with Gasteiger partial charge in [-0.25, -0.2) is 4.98 Å². The van der Waals surface area contributed by atoms with E-state index in [-0.39, 0.29) is 30.7 Å². The molecule has 0 atom stereocenters. The zero-order valence-corrected chi connectivity index (χ0v) is 15.0. The average Bonchev–Trinajstić information content (AvgIpc) is 3.03. The van der Waals surface area contributed by atoms with Crippen molar-refractivity contribution < 1.29 is 4.79 Å². The standard InChI is InChI=1S/C14H19N5OS.2ClH/c15-7-1-2-8-16-13(20)12-5-3-11(4-6-12)9-21-14-17-10-18-19-14;;/h3-6,10H,1-2,7-9,15H2,(H,16,20)(H,17,18,19);2*1H. The number of carbonyl (C=O) groups is 1. The molecule has 0 fully saturated rings. The monoisotopic (exact) mass is 377 g/mol. The van der Waals surface area contributed by atoms with Crippen molar-refractivity contribution in [1.29, 1.82) is 0 Å². The molecule has 9 heteroatoms. The molecular formula is C14H21Cl2N5OS. The van der Waals surface area contributed by atoms with Crippen LogP contribution in [0.15, 0.2) is 35.7 Å². The van der Waals surface area contributed by atoms with Crippen molar-refractivity contribution >= 4 is 42.5 Å². The highest BCUT2D eigenvalue weighted by atomic mass is 35.5. The number of hydrogen-bond donors (Lipinski definition) is 3. The molecule has 2 rings (SSSR count). The van der Waals surface area contributed by atoms with E-state index in [1.807, 2.05) is 24.3 Å². The van der Waals surface area contributed by atoms with E-state index in [1.54, 1.807) is 11.8 Å². The Hall–Kier alpha value is -1.28. The number of amides is 1. The molecule has 2 aromatic rings. The van der Waals surface area contributed by atoms with Crippen molar-refractivity contribution in [2.45, 2.75) is 23.8 Å². The third-order valence-corrected chi connectivity index (χ3v) is 3.85. The largest absolute Gasteiger partial charge is 0.352 e. The maximum Gasteiger partial charge on any atom is 0.251 e. The number of nitrogens with one attached hydrogen (secondary N) is 2. The fraction of sp³-hybridized carbons (Fsp3) is 0.357. The van der Waals surface area contributed by atoms with Gasteiger partial charge in [-0.2, -0.15) is 5.10 Å². The van der Waals surface area contributed by atoms with Gasteiger partial charge in [0, 0.05) is 17.9 Å². The second-order valence-electron chi connectivity index (χ2n) is 4.53. The van der Waals surface area contributed by atoms with Gasteiger partial charge in [-0.3, -0.25) is 9.89 Å². The van der Waals surface area contributed by atoms with Crippen LogP contribution in [0.5, 0.6) is 0 Å². The molecule has 0 aliphatic heterocycles. The fourth-order valence-electron chi connectivity index (χ4n) is 1.74. The lowest BCUT2D eigenvalue weighted by molar-refractivity contribution is 0.0953. The van der Waals surface area contributed by atoms with Crippen LogP contribution >= 0.6 is 36.6 Å². The van der Waals surface area contributed by atoms with E-state index in [2.05, 4.69) is 20.5 Å². The molecule has 128 valence electrons. The first kappa shape index (κ1) is 21.7. The molecule has 23 heavy (non-hydrogen) atoms. The van der Waals surface area contributed by atoms with Crippen LogP contribution in [0.3, 0.4) is 0 Å². The second-order valence-corrected chi connectivity index (χ2v) is 5.49. The predicted octanol–water partition coefficient (Wildman–Crippen LogP) is 2.41. The first-order valence-corrected chi connectivity index (χ1v) is 7.83. The lowest BCUT2D eigenvalue weighted by Crippen LogP contribution is -2.24. The van der Waals surface area contributed by atoms with Crippen molar-refractivity contribution in [3.05, 3.63) is 41.7 Å². The average molecular weight is 378 g/mol. The Kier molecular flexibility index (Phi) is 11.5. The third kappa shape index (κ3) is 7.69. The number of halogens is 2. The molecule has 0 aliphatic rings. The van der Waals surface area contributed by atoms with Gasteiger partial charge in [-0.05, 0) is 37.1 Å². The number of hydrogen-bond acceptors (Lipinski definition) is 5. The number of rotatable bonds is 8. The molecule has 0 saturated heterocycles. The zero-order valence-electron chi connectivity index (χ0n) is 12.5. The summed E-state index contributed by atoms with van der Waals surface area (Å²) in [7, 11) is 0. The smallest absolute Gasteiger partial charge is 0.251 e. The van der Waals surface area contributed by atoms with E-state index in [0.29, 0.717) is 18.7 Å². The number of aromatic amines is 1. The van der Waals surface area contributed by atoms with Crippen LogP contribution in [0.4, 0.5) is 0 Å². The maximum absolute atomic E-state index is 11.9. The summed E-state index contributed by atoms with van der Waals surface area (Å²) in [4.78, 5) is 15.9. The number of benzene rings is 1. The van der Waals surface area contributed by atoms with Gasteiger partial charge >= 0.3 is 0 Å². The highest BCUT2D eigenvalue weighted by molar-refractivity contribution is 7.98. The Morgan fingerprint density at radius 3 is 2.57 bits per heavy atom. The van der Waals surface area contributed by atoms with Gasteiger partial charge < -0.3 is 11.1 Å². The first-order chi connectivity index (χ1) is 10.3. The number of nitrogens with zero attached hydrogens (tertiary/aromatic N) is 2. The number of thioether (sulfide) groups is 1. The van der Waals surface area contributed by atoms with Gasteiger partial charge in [0.25, 0.3) is 5.91 Å². The summed E-state index contributed by atoms with van der Waals surface area (Å²) in [5.41, 5.74) is 7.22. The summed E-state index contributed by atoms with van der Waals surface area (Å²) in [6, 6.07) is 7.60. The fourth-order valence-corrected chi connectivity index (χ4v) is 2.48. The van der Waals surface area contributed by atoms with Crippen LogP contribution in [0.25, 0.3) is 0 Å².